The van der Waals surface area contributed by atoms with Crippen molar-refractivity contribution in [3.05, 3.63) is 53.6 Å². The minimum Gasteiger partial charge on any atom is -0.385 e. The average molecular weight is 565 g/mol. The van der Waals surface area contributed by atoms with Crippen LogP contribution in [0.5, 0.6) is 0 Å². The lowest BCUT2D eigenvalue weighted by Gasteiger charge is -2.35. The van der Waals surface area contributed by atoms with Gasteiger partial charge in [0.1, 0.15) is 0 Å². The number of nitrogens with one attached hydrogen (secondary N) is 1. The Morgan fingerprint density at radius 2 is 1.71 bits per heavy atom. The molecule has 0 radical (unpaired) electrons. The van der Waals surface area contributed by atoms with Crippen LogP contribution >= 0.6 is 0 Å². The summed E-state index contributed by atoms with van der Waals surface area (Å²) in [5.74, 6) is -0.202. The van der Waals surface area contributed by atoms with Crippen LogP contribution in [0.25, 0.3) is 0 Å². The summed E-state index contributed by atoms with van der Waals surface area (Å²) in [6, 6.07) is 13.8. The Morgan fingerprint density at radius 1 is 1.03 bits per heavy atom. The molecule has 212 valence electrons. The van der Waals surface area contributed by atoms with E-state index >= 15 is 0 Å². The van der Waals surface area contributed by atoms with E-state index in [0.717, 1.165) is 67.4 Å². The van der Waals surface area contributed by atoms with E-state index in [1.165, 1.54) is 0 Å². The fraction of sp³-hybridized carbons (Fsp3) is 0.586. The maximum absolute atomic E-state index is 13.9. The predicted molar refractivity (Wildman–Crippen MR) is 157 cm³/mol. The standard InChI is InChI=1S/C29H44N2O5S2/c1-5-7-15-29(16-8-6-2)21-27(23-11-9-12-24(19-23)30-17-10-18-38(34,35)36)26-20-25(31(3)4)13-14-28(26)37(32,33)22-29/h9,11-14,19-20,27,30H,5-8,10,15-18,21-22H2,1-4H3,(H,34,35,36)/t27-/m1/s1. The summed E-state index contributed by atoms with van der Waals surface area (Å²) >= 11 is 0. The molecule has 0 bridgehead atoms. The zero-order valence-corrected chi connectivity index (χ0v) is 24.9. The lowest BCUT2D eigenvalue weighted by Crippen LogP contribution is -2.30. The van der Waals surface area contributed by atoms with Crippen LogP contribution in [0.2, 0.25) is 0 Å². The number of hydrogen-bond donors (Lipinski definition) is 2. The maximum atomic E-state index is 13.9. The summed E-state index contributed by atoms with van der Waals surface area (Å²) in [5, 5.41) is 3.27. The van der Waals surface area contributed by atoms with Gasteiger partial charge in [0, 0.05) is 37.9 Å². The molecule has 7 nitrogen and oxygen atoms in total. The van der Waals surface area contributed by atoms with Gasteiger partial charge in [-0.1, -0.05) is 51.7 Å². The van der Waals surface area contributed by atoms with Gasteiger partial charge in [-0.05, 0) is 72.6 Å². The number of unbranched alkanes of at least 4 members (excludes halogenated alkanes) is 2. The van der Waals surface area contributed by atoms with E-state index in [1.807, 2.05) is 43.3 Å². The smallest absolute Gasteiger partial charge is 0.264 e. The highest BCUT2D eigenvalue weighted by Gasteiger charge is 2.43. The molecule has 1 heterocycles. The van der Waals surface area contributed by atoms with Gasteiger partial charge in [0.15, 0.2) is 9.84 Å². The molecular formula is C29H44N2O5S2. The van der Waals surface area contributed by atoms with Gasteiger partial charge >= 0.3 is 0 Å². The molecule has 2 aromatic carbocycles. The lowest BCUT2D eigenvalue weighted by atomic mass is 9.70. The first-order chi connectivity index (χ1) is 17.9. The van der Waals surface area contributed by atoms with E-state index in [9.17, 15) is 16.8 Å². The highest BCUT2D eigenvalue weighted by atomic mass is 32.2. The zero-order chi connectivity index (χ0) is 28.0. The van der Waals surface area contributed by atoms with Gasteiger partial charge < -0.3 is 10.2 Å². The molecule has 2 aromatic rings. The fourth-order valence-electron chi connectivity index (χ4n) is 5.68. The Balaban J connectivity index is 2.09. The highest BCUT2D eigenvalue weighted by Crippen LogP contribution is 2.50. The Hall–Kier alpha value is -2.10. The first kappa shape index (κ1) is 30.4. The van der Waals surface area contributed by atoms with Crippen molar-refractivity contribution >= 4 is 31.3 Å². The fourth-order valence-corrected chi connectivity index (χ4v) is 8.39. The number of benzene rings is 2. The number of rotatable bonds is 13. The van der Waals surface area contributed by atoms with Gasteiger partial charge in [0.2, 0.25) is 0 Å². The van der Waals surface area contributed by atoms with E-state index in [0.29, 0.717) is 11.4 Å². The van der Waals surface area contributed by atoms with Crippen molar-refractivity contribution in [2.75, 3.05) is 42.4 Å². The van der Waals surface area contributed by atoms with Crippen molar-refractivity contribution in [3.8, 4) is 0 Å². The Labute approximate surface area is 229 Å². The summed E-state index contributed by atoms with van der Waals surface area (Å²) in [6.07, 6.45) is 6.89. The van der Waals surface area contributed by atoms with Crippen LogP contribution in [0.4, 0.5) is 11.4 Å². The van der Waals surface area contributed by atoms with Gasteiger partial charge in [-0.3, -0.25) is 4.55 Å². The number of hydrogen-bond acceptors (Lipinski definition) is 6. The number of fused-ring (bicyclic) bond motifs is 1. The van der Waals surface area contributed by atoms with Crippen LogP contribution in [-0.4, -0.2) is 53.5 Å². The van der Waals surface area contributed by atoms with Crippen LogP contribution in [0, 0.1) is 5.41 Å². The summed E-state index contributed by atoms with van der Waals surface area (Å²) in [7, 11) is -3.55. The summed E-state index contributed by atoms with van der Waals surface area (Å²) in [5.41, 5.74) is 3.43. The third-order valence-corrected chi connectivity index (χ3v) is 10.5. The molecule has 1 atom stereocenters. The minimum absolute atomic E-state index is 0.0875. The Kier molecular flexibility index (Phi) is 10.3. The van der Waals surface area contributed by atoms with E-state index in [1.54, 1.807) is 6.07 Å². The van der Waals surface area contributed by atoms with Crippen LogP contribution < -0.4 is 10.2 Å². The number of anilines is 2. The normalized spacial score (nSPS) is 18.4. The SMILES string of the molecule is CCCCC1(CCCC)C[C@H](c2cccc(NCCCS(=O)(=O)O)c2)c2cc(N(C)C)ccc2S(=O)(=O)C1. The summed E-state index contributed by atoms with van der Waals surface area (Å²) < 4.78 is 59.0. The van der Waals surface area contributed by atoms with Gasteiger partial charge in [-0.15, -0.1) is 0 Å². The minimum atomic E-state index is -3.99. The Morgan fingerprint density at radius 3 is 2.32 bits per heavy atom. The lowest BCUT2D eigenvalue weighted by molar-refractivity contribution is 0.230. The van der Waals surface area contributed by atoms with Crippen molar-refractivity contribution in [1.82, 2.24) is 0 Å². The monoisotopic (exact) mass is 564 g/mol. The van der Waals surface area contributed by atoms with E-state index < -0.39 is 20.0 Å². The number of sulfone groups is 1. The molecule has 2 N–H and O–H groups in total. The molecule has 1 aliphatic heterocycles. The maximum Gasteiger partial charge on any atom is 0.264 e. The second-order valence-corrected chi connectivity index (χ2v) is 14.6. The molecule has 0 fully saturated rings. The predicted octanol–water partition coefficient (Wildman–Crippen LogP) is 6.12. The summed E-state index contributed by atoms with van der Waals surface area (Å²) in [6.45, 7) is 4.72. The first-order valence-corrected chi connectivity index (χ1v) is 17.0. The quantitative estimate of drug-likeness (QED) is 0.223. The third-order valence-electron chi connectivity index (χ3n) is 7.67. The van der Waals surface area contributed by atoms with Crippen molar-refractivity contribution < 1.29 is 21.4 Å². The van der Waals surface area contributed by atoms with E-state index in [-0.39, 0.29) is 29.3 Å². The molecule has 3 rings (SSSR count). The molecular weight excluding hydrogens is 520 g/mol. The average Bonchev–Trinajstić information content (AvgIpc) is 2.95. The highest BCUT2D eigenvalue weighted by molar-refractivity contribution is 7.91. The molecule has 0 saturated heterocycles. The van der Waals surface area contributed by atoms with Crippen LogP contribution in [-0.2, 0) is 20.0 Å². The molecule has 0 unspecified atom stereocenters. The third kappa shape index (κ3) is 7.96. The summed E-state index contributed by atoms with van der Waals surface area (Å²) in [4.78, 5) is 2.44. The number of nitrogens with zero attached hydrogens (tertiary/aromatic N) is 1. The van der Waals surface area contributed by atoms with E-state index in [2.05, 4.69) is 31.3 Å². The molecule has 0 saturated carbocycles. The zero-order valence-electron chi connectivity index (χ0n) is 23.2. The van der Waals surface area contributed by atoms with Crippen molar-refractivity contribution in [2.45, 2.75) is 76.0 Å². The van der Waals surface area contributed by atoms with Gasteiger partial charge in [-0.2, -0.15) is 8.42 Å². The van der Waals surface area contributed by atoms with Crippen molar-refractivity contribution in [3.63, 3.8) is 0 Å². The van der Waals surface area contributed by atoms with Crippen LogP contribution in [0.1, 0.15) is 82.3 Å². The van der Waals surface area contributed by atoms with Gasteiger partial charge in [0.25, 0.3) is 10.1 Å². The molecule has 9 heteroatoms. The molecule has 0 amide bonds. The largest absolute Gasteiger partial charge is 0.385 e. The van der Waals surface area contributed by atoms with Gasteiger partial charge in [-0.25, -0.2) is 8.42 Å². The second-order valence-electron chi connectivity index (χ2n) is 11.0. The molecule has 0 aromatic heterocycles. The molecule has 38 heavy (non-hydrogen) atoms. The van der Waals surface area contributed by atoms with Crippen molar-refractivity contribution in [1.29, 1.82) is 0 Å². The topological polar surface area (TPSA) is 104 Å². The van der Waals surface area contributed by atoms with Crippen LogP contribution in [0.15, 0.2) is 47.4 Å². The van der Waals surface area contributed by atoms with Gasteiger partial charge in [0.05, 0.1) is 16.4 Å². The van der Waals surface area contributed by atoms with Crippen molar-refractivity contribution in [2.24, 2.45) is 5.41 Å². The van der Waals surface area contributed by atoms with E-state index in [4.69, 9.17) is 4.55 Å². The van der Waals surface area contributed by atoms with Crippen LogP contribution in [0.3, 0.4) is 0 Å². The Bertz CT molecular complexity index is 1280. The first-order valence-electron chi connectivity index (χ1n) is 13.7. The molecule has 0 spiro atoms. The molecule has 0 aliphatic carbocycles. The molecule has 1 aliphatic rings. The second kappa shape index (κ2) is 12.8.